The number of hydrogen-bond donors (Lipinski definition) is 0. The van der Waals surface area contributed by atoms with E-state index in [9.17, 15) is 14.4 Å². The average Bonchev–Trinajstić information content (AvgIpc) is 2.69. The van der Waals surface area contributed by atoms with Crippen molar-refractivity contribution in [2.45, 2.75) is 12.5 Å². The molecule has 2 rings (SSSR count). The van der Waals surface area contributed by atoms with E-state index in [1.807, 2.05) is 0 Å². The Labute approximate surface area is 156 Å². The van der Waals surface area contributed by atoms with Gasteiger partial charge in [-0.2, -0.15) is 0 Å². The number of carbonyl (C=O) groups is 3. The van der Waals surface area contributed by atoms with E-state index in [0.29, 0.717) is 17.8 Å². The zero-order valence-corrected chi connectivity index (χ0v) is 15.3. The summed E-state index contributed by atoms with van der Waals surface area (Å²) in [7, 11) is 3.01. The minimum Gasteiger partial charge on any atom is -0.497 e. The van der Waals surface area contributed by atoms with Crippen LogP contribution in [0.2, 0.25) is 0 Å². The lowest BCUT2D eigenvalue weighted by Crippen LogP contribution is -2.48. The topological polar surface area (TPSA) is 88.1 Å². The standard InChI is InChI=1S/C20H20O7/c1-14(22)20(26-13-12-21,15-4-6-16(24-2)7-5-15)19(23)27-18-10-8-17(25-3)9-11-18/h4-12H,13H2,1-3H3. The fraction of sp³-hybridized carbons (Fsp3) is 0.250. The number of methoxy groups -OCH3 is 2. The highest BCUT2D eigenvalue weighted by atomic mass is 16.6. The maximum absolute atomic E-state index is 12.9. The van der Waals surface area contributed by atoms with E-state index in [0.717, 1.165) is 0 Å². The quantitative estimate of drug-likeness (QED) is 0.289. The summed E-state index contributed by atoms with van der Waals surface area (Å²) in [6.07, 6.45) is 0.460. The van der Waals surface area contributed by atoms with E-state index >= 15 is 0 Å². The van der Waals surface area contributed by atoms with Crippen LogP contribution < -0.4 is 14.2 Å². The minimum atomic E-state index is -2.08. The molecule has 0 spiro atoms. The summed E-state index contributed by atoms with van der Waals surface area (Å²) >= 11 is 0. The first-order valence-electron chi connectivity index (χ1n) is 8.07. The number of ether oxygens (including phenoxy) is 4. The number of carbonyl (C=O) groups excluding carboxylic acids is 3. The molecule has 7 heteroatoms. The third-order valence-corrected chi connectivity index (χ3v) is 3.92. The van der Waals surface area contributed by atoms with E-state index in [2.05, 4.69) is 0 Å². The zero-order valence-electron chi connectivity index (χ0n) is 15.3. The Morgan fingerprint density at radius 1 is 0.889 bits per heavy atom. The molecule has 7 nitrogen and oxygen atoms in total. The van der Waals surface area contributed by atoms with Gasteiger partial charge >= 0.3 is 5.97 Å². The number of rotatable bonds is 9. The number of aldehydes is 1. The number of benzene rings is 2. The summed E-state index contributed by atoms with van der Waals surface area (Å²) in [5.74, 6) is -0.245. The molecule has 0 saturated carbocycles. The third-order valence-electron chi connectivity index (χ3n) is 3.92. The van der Waals surface area contributed by atoms with Crippen LogP contribution in [-0.4, -0.2) is 38.9 Å². The average molecular weight is 372 g/mol. The normalized spacial score (nSPS) is 12.6. The van der Waals surface area contributed by atoms with Gasteiger partial charge in [0.2, 0.25) is 5.60 Å². The van der Waals surface area contributed by atoms with E-state index < -0.39 is 24.0 Å². The second kappa shape index (κ2) is 8.95. The Balaban J connectivity index is 2.43. The van der Waals surface area contributed by atoms with Crippen molar-refractivity contribution in [1.82, 2.24) is 0 Å². The molecule has 1 atom stereocenters. The van der Waals surface area contributed by atoms with Crippen LogP contribution in [0.15, 0.2) is 48.5 Å². The molecule has 2 aromatic carbocycles. The molecule has 1 unspecified atom stereocenters. The van der Waals surface area contributed by atoms with Crippen LogP contribution in [0.3, 0.4) is 0 Å². The molecular weight excluding hydrogens is 352 g/mol. The highest BCUT2D eigenvalue weighted by molar-refractivity contribution is 6.07. The molecule has 0 aromatic heterocycles. The largest absolute Gasteiger partial charge is 0.497 e. The predicted molar refractivity (Wildman–Crippen MR) is 96.0 cm³/mol. The second-order valence-electron chi connectivity index (χ2n) is 5.51. The number of hydrogen-bond acceptors (Lipinski definition) is 7. The van der Waals surface area contributed by atoms with Gasteiger partial charge in [-0.25, -0.2) is 4.79 Å². The monoisotopic (exact) mass is 372 g/mol. The van der Waals surface area contributed by atoms with Crippen molar-refractivity contribution in [2.24, 2.45) is 0 Å². The van der Waals surface area contributed by atoms with Crippen molar-refractivity contribution in [2.75, 3.05) is 20.8 Å². The highest BCUT2D eigenvalue weighted by Gasteiger charge is 2.48. The Morgan fingerprint density at radius 3 is 1.81 bits per heavy atom. The van der Waals surface area contributed by atoms with Gasteiger partial charge in [0.05, 0.1) is 14.2 Å². The van der Waals surface area contributed by atoms with Gasteiger partial charge in [0.25, 0.3) is 0 Å². The molecule has 27 heavy (non-hydrogen) atoms. The summed E-state index contributed by atoms with van der Waals surface area (Å²) in [4.78, 5) is 36.2. The van der Waals surface area contributed by atoms with Crippen LogP contribution in [-0.2, 0) is 24.7 Å². The molecule has 0 aliphatic rings. The summed E-state index contributed by atoms with van der Waals surface area (Å²) in [5.41, 5.74) is -1.84. The number of Topliss-reactive ketones (excluding diaryl/α,β-unsaturated/α-hetero) is 1. The van der Waals surface area contributed by atoms with Crippen LogP contribution in [0.4, 0.5) is 0 Å². The molecule has 0 saturated heterocycles. The van der Waals surface area contributed by atoms with Gasteiger partial charge in [-0.15, -0.1) is 0 Å². The zero-order chi connectivity index (χ0) is 19.9. The Bertz CT molecular complexity index is 796. The van der Waals surface area contributed by atoms with Crippen molar-refractivity contribution in [1.29, 1.82) is 0 Å². The van der Waals surface area contributed by atoms with Crippen LogP contribution in [0.25, 0.3) is 0 Å². The number of esters is 1. The van der Waals surface area contributed by atoms with Gasteiger partial charge in [0, 0.05) is 5.56 Å². The molecule has 2 aromatic rings. The summed E-state index contributed by atoms with van der Waals surface area (Å²) in [6, 6.07) is 12.5. The van der Waals surface area contributed by atoms with E-state index in [-0.39, 0.29) is 11.3 Å². The molecule has 0 aliphatic carbocycles. The van der Waals surface area contributed by atoms with Gasteiger partial charge in [0.1, 0.15) is 30.1 Å². The van der Waals surface area contributed by atoms with Gasteiger partial charge in [-0.3, -0.25) is 4.79 Å². The lowest BCUT2D eigenvalue weighted by atomic mass is 9.89. The van der Waals surface area contributed by atoms with Crippen LogP contribution in [0.5, 0.6) is 17.2 Å². The fourth-order valence-electron chi connectivity index (χ4n) is 2.52. The SMILES string of the molecule is COc1ccc(OC(=O)C(OCC=O)(C(C)=O)c2ccc(OC)cc2)cc1. The first kappa shape index (κ1) is 20.1. The fourth-order valence-corrected chi connectivity index (χ4v) is 2.52. The van der Waals surface area contributed by atoms with Crippen molar-refractivity contribution in [3.8, 4) is 17.2 Å². The molecule has 0 heterocycles. The number of ketones is 1. The molecule has 0 N–H and O–H groups in total. The second-order valence-corrected chi connectivity index (χ2v) is 5.51. The minimum absolute atomic E-state index is 0.203. The molecule has 0 fully saturated rings. The van der Waals surface area contributed by atoms with Gasteiger partial charge < -0.3 is 23.7 Å². The molecule has 0 aliphatic heterocycles. The third kappa shape index (κ3) is 4.32. The maximum atomic E-state index is 12.9. The maximum Gasteiger partial charge on any atom is 0.356 e. The molecule has 0 radical (unpaired) electrons. The van der Waals surface area contributed by atoms with Gasteiger partial charge in [0.15, 0.2) is 5.78 Å². The first-order chi connectivity index (χ1) is 13.0. The van der Waals surface area contributed by atoms with Gasteiger partial charge in [-0.1, -0.05) is 12.1 Å². The molecule has 142 valence electrons. The summed E-state index contributed by atoms with van der Waals surface area (Å²) in [6.45, 7) is 0.744. The van der Waals surface area contributed by atoms with E-state index in [1.165, 1.54) is 45.4 Å². The highest BCUT2D eigenvalue weighted by Crippen LogP contribution is 2.31. The lowest BCUT2D eigenvalue weighted by molar-refractivity contribution is -0.170. The van der Waals surface area contributed by atoms with Gasteiger partial charge in [-0.05, 0) is 43.3 Å². The predicted octanol–water partition coefficient (Wildman–Crippen LogP) is 2.31. The summed E-state index contributed by atoms with van der Waals surface area (Å²) < 4.78 is 20.9. The molecular formula is C20H20O7. The molecule has 0 bridgehead atoms. The van der Waals surface area contributed by atoms with Crippen molar-refractivity contribution in [3.63, 3.8) is 0 Å². The van der Waals surface area contributed by atoms with Crippen LogP contribution >= 0.6 is 0 Å². The lowest BCUT2D eigenvalue weighted by Gasteiger charge is -2.29. The van der Waals surface area contributed by atoms with E-state index in [1.54, 1.807) is 24.3 Å². The van der Waals surface area contributed by atoms with E-state index in [4.69, 9.17) is 18.9 Å². The van der Waals surface area contributed by atoms with Crippen LogP contribution in [0, 0.1) is 0 Å². The molecule has 0 amide bonds. The Morgan fingerprint density at radius 2 is 1.37 bits per heavy atom. The van der Waals surface area contributed by atoms with Crippen molar-refractivity contribution < 1.29 is 33.3 Å². The Kier molecular flexibility index (Phi) is 6.67. The first-order valence-corrected chi connectivity index (χ1v) is 8.07. The van der Waals surface area contributed by atoms with Crippen molar-refractivity contribution in [3.05, 3.63) is 54.1 Å². The smallest absolute Gasteiger partial charge is 0.356 e. The Hall–Kier alpha value is -3.19. The van der Waals surface area contributed by atoms with Crippen molar-refractivity contribution >= 4 is 18.0 Å². The van der Waals surface area contributed by atoms with Crippen LogP contribution in [0.1, 0.15) is 12.5 Å². The summed E-state index contributed by atoms with van der Waals surface area (Å²) in [5, 5.41) is 0.